The van der Waals surface area contributed by atoms with Gasteiger partial charge < -0.3 is 8.83 Å². The van der Waals surface area contributed by atoms with Crippen LogP contribution < -0.4 is 0 Å². The van der Waals surface area contributed by atoms with Gasteiger partial charge in [0.2, 0.25) is 11.8 Å². The number of thioether (sulfide) groups is 1. The first-order valence-corrected chi connectivity index (χ1v) is 8.91. The summed E-state index contributed by atoms with van der Waals surface area (Å²) < 4.78 is 24.4. The number of hydrogen-bond acceptors (Lipinski definition) is 6. The van der Waals surface area contributed by atoms with Crippen LogP contribution in [0.3, 0.4) is 0 Å². The molecule has 2 heterocycles. The molecule has 0 amide bonds. The Labute approximate surface area is 153 Å². The number of benzene rings is 2. The lowest BCUT2D eigenvalue weighted by molar-refractivity contribution is 0.465. The number of aryl methyl sites for hydroxylation is 1. The van der Waals surface area contributed by atoms with Gasteiger partial charge in [-0.25, -0.2) is 9.37 Å². The second kappa shape index (κ2) is 7.13. The van der Waals surface area contributed by atoms with Crippen molar-refractivity contribution in [3.05, 3.63) is 71.9 Å². The quantitative estimate of drug-likeness (QED) is 0.456. The molecule has 4 aromatic rings. The molecule has 0 aliphatic carbocycles. The standard InChI is InChI=1S/C19H14FN3O2S/c1-12-16(21-17(24-12)13-5-3-2-4-6-13)11-26-19-23-22-18(25-19)14-7-9-15(20)10-8-14/h2-10H,11H2,1H3. The first kappa shape index (κ1) is 16.5. The molecule has 0 radical (unpaired) electrons. The van der Waals surface area contributed by atoms with Crippen molar-refractivity contribution in [1.82, 2.24) is 15.2 Å². The van der Waals surface area contributed by atoms with Crippen LogP contribution in [0.5, 0.6) is 0 Å². The molecule has 0 N–H and O–H groups in total. The lowest BCUT2D eigenvalue weighted by atomic mass is 10.2. The fraction of sp³-hybridized carbons (Fsp3) is 0.105. The summed E-state index contributed by atoms with van der Waals surface area (Å²) >= 11 is 1.38. The molecule has 130 valence electrons. The topological polar surface area (TPSA) is 65.0 Å². The maximum absolute atomic E-state index is 13.0. The molecule has 0 fully saturated rings. The van der Waals surface area contributed by atoms with Gasteiger partial charge in [-0.15, -0.1) is 10.2 Å². The minimum absolute atomic E-state index is 0.307. The second-order valence-corrected chi connectivity index (χ2v) is 6.48. The third-order valence-electron chi connectivity index (χ3n) is 3.74. The fourth-order valence-electron chi connectivity index (χ4n) is 2.37. The van der Waals surface area contributed by atoms with E-state index >= 15 is 0 Å². The average Bonchev–Trinajstić information content (AvgIpc) is 3.28. The maximum atomic E-state index is 13.0. The highest BCUT2D eigenvalue weighted by molar-refractivity contribution is 7.98. The minimum Gasteiger partial charge on any atom is -0.441 e. The second-order valence-electron chi connectivity index (χ2n) is 5.56. The summed E-state index contributed by atoms with van der Waals surface area (Å²) in [4.78, 5) is 4.55. The zero-order valence-corrected chi connectivity index (χ0v) is 14.7. The zero-order valence-electron chi connectivity index (χ0n) is 13.8. The molecule has 2 aromatic carbocycles. The van der Waals surface area contributed by atoms with Crippen molar-refractivity contribution < 1.29 is 13.2 Å². The minimum atomic E-state index is -0.307. The molecule has 0 saturated heterocycles. The van der Waals surface area contributed by atoms with Gasteiger partial charge in [0.25, 0.3) is 5.22 Å². The molecule has 4 rings (SSSR count). The molecule has 0 unspecified atom stereocenters. The summed E-state index contributed by atoms with van der Waals surface area (Å²) in [7, 11) is 0. The van der Waals surface area contributed by atoms with Crippen LogP contribution in [0.2, 0.25) is 0 Å². The van der Waals surface area contributed by atoms with Crippen LogP contribution in [0.15, 0.2) is 68.7 Å². The van der Waals surface area contributed by atoms with E-state index < -0.39 is 0 Å². The van der Waals surface area contributed by atoms with Crippen LogP contribution in [0.25, 0.3) is 22.9 Å². The van der Waals surface area contributed by atoms with Gasteiger partial charge in [0.1, 0.15) is 11.6 Å². The van der Waals surface area contributed by atoms with E-state index in [1.165, 1.54) is 23.9 Å². The largest absolute Gasteiger partial charge is 0.441 e. The summed E-state index contributed by atoms with van der Waals surface area (Å²) in [6.45, 7) is 1.88. The Morgan fingerprint density at radius 3 is 2.38 bits per heavy atom. The number of nitrogens with zero attached hydrogens (tertiary/aromatic N) is 3. The molecule has 0 spiro atoms. The first-order chi connectivity index (χ1) is 12.7. The molecule has 0 aliphatic rings. The number of hydrogen-bond donors (Lipinski definition) is 0. The SMILES string of the molecule is Cc1oc(-c2ccccc2)nc1CSc1nnc(-c2ccc(F)cc2)o1. The number of aromatic nitrogens is 3. The van der Waals surface area contributed by atoms with Gasteiger partial charge in [-0.2, -0.15) is 0 Å². The van der Waals surface area contributed by atoms with Crippen LogP contribution in [-0.4, -0.2) is 15.2 Å². The van der Waals surface area contributed by atoms with E-state index in [0.29, 0.717) is 28.3 Å². The number of oxazole rings is 1. The van der Waals surface area contributed by atoms with E-state index in [1.807, 2.05) is 37.3 Å². The van der Waals surface area contributed by atoms with Crippen molar-refractivity contribution in [3.8, 4) is 22.9 Å². The Kier molecular flexibility index (Phi) is 4.53. The predicted octanol–water partition coefficient (Wildman–Crippen LogP) is 5.13. The average molecular weight is 367 g/mol. The monoisotopic (exact) mass is 367 g/mol. The third-order valence-corrected chi connectivity index (χ3v) is 4.57. The molecule has 0 atom stereocenters. The van der Waals surface area contributed by atoms with Gasteiger partial charge >= 0.3 is 0 Å². The van der Waals surface area contributed by atoms with Crippen molar-refractivity contribution >= 4 is 11.8 Å². The van der Waals surface area contributed by atoms with Crippen LogP contribution in [-0.2, 0) is 5.75 Å². The van der Waals surface area contributed by atoms with Crippen LogP contribution >= 0.6 is 11.8 Å². The normalized spacial score (nSPS) is 11.0. The number of rotatable bonds is 5. The van der Waals surface area contributed by atoms with E-state index in [1.54, 1.807) is 12.1 Å². The van der Waals surface area contributed by atoms with Gasteiger partial charge in [-0.05, 0) is 43.3 Å². The number of halogens is 1. The van der Waals surface area contributed by atoms with Crippen molar-refractivity contribution in [2.45, 2.75) is 17.9 Å². The van der Waals surface area contributed by atoms with Crippen molar-refractivity contribution in [2.24, 2.45) is 0 Å². The molecule has 0 aliphatic heterocycles. The van der Waals surface area contributed by atoms with Crippen molar-refractivity contribution in [3.63, 3.8) is 0 Å². The van der Waals surface area contributed by atoms with Gasteiger partial charge in [-0.1, -0.05) is 30.0 Å². The molecule has 0 saturated carbocycles. The highest BCUT2D eigenvalue weighted by Gasteiger charge is 2.14. The summed E-state index contributed by atoms with van der Waals surface area (Å²) in [6.07, 6.45) is 0. The lowest BCUT2D eigenvalue weighted by Crippen LogP contribution is -1.84. The molecule has 0 bridgehead atoms. The third kappa shape index (κ3) is 3.52. The van der Waals surface area contributed by atoms with E-state index in [9.17, 15) is 4.39 Å². The Bertz CT molecular complexity index is 1010. The molecule has 2 aromatic heterocycles. The molecule has 5 nitrogen and oxygen atoms in total. The Morgan fingerprint density at radius 2 is 1.62 bits per heavy atom. The Morgan fingerprint density at radius 1 is 0.885 bits per heavy atom. The van der Waals surface area contributed by atoms with E-state index in [0.717, 1.165) is 17.0 Å². The Balaban J connectivity index is 1.46. The van der Waals surface area contributed by atoms with Gasteiger partial charge in [0.15, 0.2) is 0 Å². The summed E-state index contributed by atoms with van der Waals surface area (Å²) in [5, 5.41) is 8.44. The van der Waals surface area contributed by atoms with Crippen molar-refractivity contribution in [1.29, 1.82) is 0 Å². The van der Waals surface area contributed by atoms with Crippen LogP contribution in [0.4, 0.5) is 4.39 Å². The van der Waals surface area contributed by atoms with Crippen LogP contribution in [0, 0.1) is 12.7 Å². The highest BCUT2D eigenvalue weighted by atomic mass is 32.2. The van der Waals surface area contributed by atoms with Gasteiger partial charge in [-0.3, -0.25) is 0 Å². The summed E-state index contributed by atoms with van der Waals surface area (Å²) in [6, 6.07) is 15.7. The first-order valence-electron chi connectivity index (χ1n) is 7.93. The van der Waals surface area contributed by atoms with E-state index in [4.69, 9.17) is 8.83 Å². The predicted molar refractivity (Wildman–Crippen MR) is 95.9 cm³/mol. The molecular weight excluding hydrogens is 353 g/mol. The summed E-state index contributed by atoms with van der Waals surface area (Å²) in [5.74, 6) is 1.95. The smallest absolute Gasteiger partial charge is 0.277 e. The molecular formula is C19H14FN3O2S. The van der Waals surface area contributed by atoms with E-state index in [2.05, 4.69) is 15.2 Å². The fourth-order valence-corrected chi connectivity index (χ4v) is 3.14. The summed E-state index contributed by atoms with van der Waals surface area (Å²) in [5.41, 5.74) is 2.44. The Hall–Kier alpha value is -2.93. The molecule has 26 heavy (non-hydrogen) atoms. The van der Waals surface area contributed by atoms with Gasteiger partial charge in [0.05, 0.1) is 5.69 Å². The molecule has 7 heteroatoms. The maximum Gasteiger partial charge on any atom is 0.277 e. The lowest BCUT2D eigenvalue weighted by Gasteiger charge is -1.95. The van der Waals surface area contributed by atoms with E-state index in [-0.39, 0.29) is 5.82 Å². The van der Waals surface area contributed by atoms with Gasteiger partial charge in [0, 0.05) is 16.9 Å². The van der Waals surface area contributed by atoms with Crippen LogP contribution in [0.1, 0.15) is 11.5 Å². The highest BCUT2D eigenvalue weighted by Crippen LogP contribution is 2.28. The van der Waals surface area contributed by atoms with Crippen molar-refractivity contribution in [2.75, 3.05) is 0 Å². The zero-order chi connectivity index (χ0) is 17.9.